The number of rotatable bonds is 7. The standard InChI is InChI=1S/C24H28F3N3OS/c25-24(26,27)20-9-6-10-21(17-20)29-15-13-28(14-16-29)11-4-5-12-30-18-32-22(23(30)31)19-7-2-1-3-8-19/h1-3,6-10,17,22H,4-5,11-16,18H2. The summed E-state index contributed by atoms with van der Waals surface area (Å²) >= 11 is 1.69. The minimum Gasteiger partial charge on any atom is -0.369 e. The van der Waals surface area contributed by atoms with Gasteiger partial charge in [-0.25, -0.2) is 0 Å². The van der Waals surface area contributed by atoms with Gasteiger partial charge in [-0.2, -0.15) is 13.2 Å². The zero-order valence-electron chi connectivity index (χ0n) is 17.9. The van der Waals surface area contributed by atoms with E-state index in [2.05, 4.69) is 4.90 Å². The highest BCUT2D eigenvalue weighted by molar-refractivity contribution is 8.00. The predicted octanol–water partition coefficient (Wildman–Crippen LogP) is 4.88. The molecule has 2 aromatic carbocycles. The van der Waals surface area contributed by atoms with Gasteiger partial charge in [0.15, 0.2) is 0 Å². The zero-order chi connectivity index (χ0) is 22.6. The van der Waals surface area contributed by atoms with Crippen molar-refractivity contribution >= 4 is 23.4 Å². The molecular formula is C24H28F3N3OS. The van der Waals surface area contributed by atoms with Gasteiger partial charge in [0.05, 0.1) is 11.4 Å². The Labute approximate surface area is 191 Å². The minimum atomic E-state index is -4.31. The van der Waals surface area contributed by atoms with Gasteiger partial charge in [0.1, 0.15) is 5.25 Å². The van der Waals surface area contributed by atoms with Crippen molar-refractivity contribution in [1.82, 2.24) is 9.80 Å². The summed E-state index contributed by atoms with van der Waals surface area (Å²) in [5.41, 5.74) is 1.11. The summed E-state index contributed by atoms with van der Waals surface area (Å²) in [4.78, 5) is 19.0. The van der Waals surface area contributed by atoms with Crippen LogP contribution in [0.15, 0.2) is 54.6 Å². The van der Waals surface area contributed by atoms with E-state index in [0.717, 1.165) is 69.6 Å². The number of piperazine rings is 1. The first-order valence-corrected chi connectivity index (χ1v) is 12.1. The number of thioether (sulfide) groups is 1. The molecule has 2 aliphatic heterocycles. The molecule has 0 aliphatic carbocycles. The average molecular weight is 464 g/mol. The molecule has 4 rings (SSSR count). The Balaban J connectivity index is 1.17. The van der Waals surface area contributed by atoms with Gasteiger partial charge < -0.3 is 9.80 Å². The van der Waals surface area contributed by atoms with Crippen LogP contribution < -0.4 is 4.90 Å². The van der Waals surface area contributed by atoms with Crippen LogP contribution in [0.25, 0.3) is 0 Å². The second-order valence-electron chi connectivity index (χ2n) is 8.27. The number of benzene rings is 2. The molecule has 172 valence electrons. The molecule has 0 bridgehead atoms. The van der Waals surface area contributed by atoms with E-state index in [-0.39, 0.29) is 11.2 Å². The van der Waals surface area contributed by atoms with Crippen LogP contribution in [0, 0.1) is 0 Å². The molecule has 2 heterocycles. The minimum absolute atomic E-state index is 0.0832. The third-order valence-electron chi connectivity index (χ3n) is 6.10. The fourth-order valence-electron chi connectivity index (χ4n) is 4.25. The van der Waals surface area contributed by atoms with Gasteiger partial charge in [0.25, 0.3) is 0 Å². The Morgan fingerprint density at radius 1 is 0.906 bits per heavy atom. The molecule has 8 heteroatoms. The molecule has 4 nitrogen and oxygen atoms in total. The maximum atomic E-state index is 13.0. The monoisotopic (exact) mass is 463 g/mol. The van der Waals surface area contributed by atoms with Crippen molar-refractivity contribution < 1.29 is 18.0 Å². The van der Waals surface area contributed by atoms with Crippen molar-refractivity contribution in [2.45, 2.75) is 24.3 Å². The van der Waals surface area contributed by atoms with E-state index in [4.69, 9.17) is 0 Å². The van der Waals surface area contributed by atoms with Crippen molar-refractivity contribution in [3.8, 4) is 0 Å². The van der Waals surface area contributed by atoms with Crippen LogP contribution in [0.2, 0.25) is 0 Å². The number of alkyl halides is 3. The summed E-state index contributed by atoms with van der Waals surface area (Å²) in [7, 11) is 0. The van der Waals surface area contributed by atoms with Gasteiger partial charge in [-0.1, -0.05) is 36.4 Å². The fourth-order valence-corrected chi connectivity index (χ4v) is 5.48. The van der Waals surface area contributed by atoms with Gasteiger partial charge >= 0.3 is 6.18 Å². The number of carbonyl (C=O) groups is 1. The molecule has 0 radical (unpaired) electrons. The Kier molecular flexibility index (Phi) is 7.30. The third-order valence-corrected chi connectivity index (χ3v) is 7.37. The van der Waals surface area contributed by atoms with Gasteiger partial charge in [-0.05, 0) is 43.1 Å². The molecule has 2 aromatic rings. The molecule has 2 saturated heterocycles. The second-order valence-corrected chi connectivity index (χ2v) is 9.33. The van der Waals surface area contributed by atoms with E-state index in [9.17, 15) is 18.0 Å². The van der Waals surface area contributed by atoms with Gasteiger partial charge in [-0.15, -0.1) is 11.8 Å². The van der Waals surface area contributed by atoms with Gasteiger partial charge in [0, 0.05) is 38.4 Å². The fraction of sp³-hybridized carbons (Fsp3) is 0.458. The first-order valence-electron chi connectivity index (χ1n) is 11.0. The van der Waals surface area contributed by atoms with Crippen LogP contribution in [0.5, 0.6) is 0 Å². The Bertz CT molecular complexity index is 901. The van der Waals surface area contributed by atoms with Crippen molar-refractivity contribution in [3.05, 3.63) is 65.7 Å². The summed E-state index contributed by atoms with van der Waals surface area (Å²) < 4.78 is 38.9. The van der Waals surface area contributed by atoms with Gasteiger partial charge in [-0.3, -0.25) is 9.69 Å². The molecule has 0 aromatic heterocycles. The Morgan fingerprint density at radius 2 is 1.62 bits per heavy atom. The lowest BCUT2D eigenvalue weighted by Crippen LogP contribution is -2.46. The van der Waals surface area contributed by atoms with Crippen molar-refractivity contribution in [2.75, 3.05) is 50.0 Å². The van der Waals surface area contributed by atoms with Crippen LogP contribution in [0.4, 0.5) is 18.9 Å². The van der Waals surface area contributed by atoms with E-state index in [1.54, 1.807) is 17.8 Å². The van der Waals surface area contributed by atoms with Crippen LogP contribution in [0.1, 0.15) is 29.2 Å². The number of amides is 1. The first-order chi connectivity index (χ1) is 15.4. The molecule has 0 N–H and O–H groups in total. The van der Waals surface area contributed by atoms with E-state index < -0.39 is 11.7 Å². The Hall–Kier alpha value is -2.19. The number of carbonyl (C=O) groups excluding carboxylic acids is 1. The normalized spacial score (nSPS) is 20.2. The van der Waals surface area contributed by atoms with E-state index >= 15 is 0 Å². The molecule has 0 saturated carbocycles. The van der Waals surface area contributed by atoms with Gasteiger partial charge in [0.2, 0.25) is 5.91 Å². The summed E-state index contributed by atoms with van der Waals surface area (Å²) in [5.74, 6) is 0.949. The maximum Gasteiger partial charge on any atom is 0.416 e. The largest absolute Gasteiger partial charge is 0.416 e. The smallest absolute Gasteiger partial charge is 0.369 e. The predicted molar refractivity (Wildman–Crippen MR) is 123 cm³/mol. The summed E-state index contributed by atoms with van der Waals surface area (Å²) in [6, 6.07) is 15.5. The quantitative estimate of drug-likeness (QED) is 0.547. The molecular weight excluding hydrogens is 435 g/mol. The van der Waals surface area contributed by atoms with E-state index in [1.165, 1.54) is 12.1 Å². The highest BCUT2D eigenvalue weighted by Crippen LogP contribution is 2.37. The van der Waals surface area contributed by atoms with Crippen LogP contribution in [-0.4, -0.2) is 60.9 Å². The topological polar surface area (TPSA) is 26.8 Å². The lowest BCUT2D eigenvalue weighted by Gasteiger charge is -2.36. The molecule has 1 atom stereocenters. The summed E-state index contributed by atoms with van der Waals surface area (Å²) in [5, 5.41) is -0.0832. The molecule has 0 spiro atoms. The zero-order valence-corrected chi connectivity index (χ0v) is 18.7. The summed E-state index contributed by atoms with van der Waals surface area (Å²) in [6.45, 7) is 4.85. The van der Waals surface area contributed by atoms with E-state index in [1.807, 2.05) is 40.1 Å². The number of nitrogens with zero attached hydrogens (tertiary/aromatic N) is 3. The van der Waals surface area contributed by atoms with E-state index in [0.29, 0.717) is 5.69 Å². The van der Waals surface area contributed by atoms with Crippen LogP contribution >= 0.6 is 11.8 Å². The number of halogens is 3. The van der Waals surface area contributed by atoms with Crippen LogP contribution in [-0.2, 0) is 11.0 Å². The highest BCUT2D eigenvalue weighted by atomic mass is 32.2. The second kappa shape index (κ2) is 10.2. The number of anilines is 1. The first kappa shape index (κ1) is 23.0. The van der Waals surface area contributed by atoms with Crippen molar-refractivity contribution in [2.24, 2.45) is 0 Å². The molecule has 2 aliphatic rings. The highest BCUT2D eigenvalue weighted by Gasteiger charge is 2.33. The maximum absolute atomic E-state index is 13.0. The number of hydrogen-bond acceptors (Lipinski definition) is 4. The number of unbranched alkanes of at least 4 members (excludes halogenated alkanes) is 1. The SMILES string of the molecule is O=C1C(c2ccccc2)SCN1CCCCN1CCN(c2cccc(C(F)(F)F)c2)CC1. The lowest BCUT2D eigenvalue weighted by atomic mass is 10.1. The lowest BCUT2D eigenvalue weighted by molar-refractivity contribution is -0.137. The summed E-state index contributed by atoms with van der Waals surface area (Å²) in [6.07, 6.45) is -2.34. The Morgan fingerprint density at radius 3 is 2.34 bits per heavy atom. The molecule has 1 amide bonds. The molecule has 32 heavy (non-hydrogen) atoms. The number of hydrogen-bond donors (Lipinski definition) is 0. The average Bonchev–Trinajstić information content (AvgIpc) is 3.17. The third kappa shape index (κ3) is 5.59. The van der Waals surface area contributed by atoms with Crippen molar-refractivity contribution in [3.63, 3.8) is 0 Å². The molecule has 2 fully saturated rings. The van der Waals surface area contributed by atoms with Crippen molar-refractivity contribution in [1.29, 1.82) is 0 Å². The van der Waals surface area contributed by atoms with Crippen LogP contribution in [0.3, 0.4) is 0 Å². The molecule has 1 unspecified atom stereocenters.